The second-order valence-corrected chi connectivity index (χ2v) is 6.37. The summed E-state index contributed by atoms with van der Waals surface area (Å²) in [6, 6.07) is 7.20. The van der Waals surface area contributed by atoms with E-state index in [1.165, 1.54) is 7.11 Å². The summed E-state index contributed by atoms with van der Waals surface area (Å²) in [4.78, 5) is 30.1. The van der Waals surface area contributed by atoms with Crippen LogP contribution in [0.1, 0.15) is 23.2 Å². The van der Waals surface area contributed by atoms with Crippen LogP contribution in [0.3, 0.4) is 0 Å². The number of hydrogen-bond acceptors (Lipinski definition) is 4. The number of carbonyl (C=O) groups is 2. The van der Waals surface area contributed by atoms with Crippen LogP contribution in [0.15, 0.2) is 43.0 Å². The Morgan fingerprint density at radius 2 is 2.08 bits per heavy atom. The number of benzene rings is 1. The van der Waals surface area contributed by atoms with Gasteiger partial charge in [0, 0.05) is 43.8 Å². The fraction of sp³-hybridized carbons (Fsp3) is 0.389. The van der Waals surface area contributed by atoms with Crippen LogP contribution in [0, 0.1) is 5.41 Å². The molecule has 1 amide bonds. The van der Waals surface area contributed by atoms with Gasteiger partial charge >= 0.3 is 5.97 Å². The summed E-state index contributed by atoms with van der Waals surface area (Å²) in [7, 11) is 1.49. The summed E-state index contributed by atoms with van der Waals surface area (Å²) in [5.41, 5.74) is 0.425. The highest BCUT2D eigenvalue weighted by Gasteiger charge is 2.43. The maximum atomic E-state index is 12.8. The first-order valence-corrected chi connectivity index (χ1v) is 8.16. The molecule has 0 saturated carbocycles. The summed E-state index contributed by atoms with van der Waals surface area (Å²) in [6.45, 7) is 0.824. The van der Waals surface area contributed by atoms with Gasteiger partial charge in [-0.05, 0) is 37.1 Å². The average molecular weight is 343 g/mol. The monoisotopic (exact) mass is 343 g/mol. The largest absolute Gasteiger partial charge is 0.481 e. The Morgan fingerprint density at radius 1 is 1.32 bits per heavy atom. The number of nitrogens with zero attached hydrogens (tertiary/aromatic N) is 3. The number of ether oxygens (including phenoxy) is 1. The molecule has 0 bridgehead atoms. The normalized spacial score (nSPS) is 20.4. The Morgan fingerprint density at radius 3 is 2.68 bits per heavy atom. The third-order valence-electron chi connectivity index (χ3n) is 4.66. The summed E-state index contributed by atoms with van der Waals surface area (Å²) in [5.74, 6) is -1.07. The quantitative estimate of drug-likeness (QED) is 0.895. The molecule has 1 aromatic heterocycles. The zero-order chi connectivity index (χ0) is 17.9. The first-order valence-electron chi connectivity index (χ1n) is 8.16. The number of aliphatic carboxylic acids is 1. The van der Waals surface area contributed by atoms with Crippen molar-refractivity contribution in [2.24, 2.45) is 5.41 Å². The van der Waals surface area contributed by atoms with E-state index >= 15 is 0 Å². The Hall–Kier alpha value is -2.67. The van der Waals surface area contributed by atoms with Crippen LogP contribution < -0.4 is 0 Å². The summed E-state index contributed by atoms with van der Waals surface area (Å²) in [6.07, 6.45) is 6.36. The van der Waals surface area contributed by atoms with Crippen molar-refractivity contribution >= 4 is 11.9 Å². The smallest absolute Gasteiger partial charge is 0.313 e. The molecule has 1 saturated heterocycles. The number of amides is 1. The van der Waals surface area contributed by atoms with Crippen LogP contribution >= 0.6 is 0 Å². The lowest BCUT2D eigenvalue weighted by molar-refractivity contribution is -0.155. The zero-order valence-corrected chi connectivity index (χ0v) is 14.1. The molecule has 2 aromatic rings. The Bertz CT molecular complexity index is 738. The van der Waals surface area contributed by atoms with Gasteiger partial charge in [-0.1, -0.05) is 0 Å². The molecule has 0 radical (unpaired) electrons. The van der Waals surface area contributed by atoms with Gasteiger partial charge in [0.2, 0.25) is 0 Å². The van der Waals surface area contributed by atoms with Gasteiger partial charge < -0.3 is 19.3 Å². The fourth-order valence-corrected chi connectivity index (χ4v) is 3.31. The van der Waals surface area contributed by atoms with E-state index in [0.717, 1.165) is 5.69 Å². The highest BCUT2D eigenvalue weighted by Crippen LogP contribution is 2.31. The topological polar surface area (TPSA) is 84.7 Å². The van der Waals surface area contributed by atoms with Crippen LogP contribution in [0.5, 0.6) is 0 Å². The lowest BCUT2D eigenvalue weighted by atomic mass is 9.80. The molecule has 1 aliphatic rings. The van der Waals surface area contributed by atoms with Gasteiger partial charge in [0.15, 0.2) is 0 Å². The number of carboxylic acids is 1. The van der Waals surface area contributed by atoms with E-state index < -0.39 is 11.4 Å². The SMILES string of the molecule is COCC1(C(=O)O)CCCN(C(=O)c2ccc(-n3ccnc3)cc2)C1. The van der Waals surface area contributed by atoms with Gasteiger partial charge in [-0.25, -0.2) is 4.98 Å². The van der Waals surface area contributed by atoms with Crippen molar-refractivity contribution in [3.8, 4) is 5.69 Å². The number of rotatable bonds is 5. The molecule has 1 N–H and O–H groups in total. The molecule has 1 fully saturated rings. The second kappa shape index (κ2) is 7.06. The van der Waals surface area contributed by atoms with Crippen LogP contribution in [0.2, 0.25) is 0 Å². The number of piperidine rings is 1. The Labute approximate surface area is 145 Å². The molecular weight excluding hydrogens is 322 g/mol. The van der Waals surface area contributed by atoms with Crippen molar-refractivity contribution in [3.05, 3.63) is 48.5 Å². The number of carbonyl (C=O) groups excluding carboxylic acids is 1. The minimum atomic E-state index is -1.03. The predicted octanol–water partition coefficient (Wildman–Crippen LogP) is 1.83. The van der Waals surface area contributed by atoms with Crippen molar-refractivity contribution in [2.45, 2.75) is 12.8 Å². The van der Waals surface area contributed by atoms with Crippen molar-refractivity contribution < 1.29 is 19.4 Å². The molecule has 132 valence electrons. The summed E-state index contributed by atoms with van der Waals surface area (Å²) < 4.78 is 6.96. The maximum Gasteiger partial charge on any atom is 0.313 e. The molecule has 1 atom stereocenters. The van der Waals surface area contributed by atoms with E-state index in [1.807, 2.05) is 22.9 Å². The maximum absolute atomic E-state index is 12.8. The molecule has 1 unspecified atom stereocenters. The first kappa shape index (κ1) is 17.2. The zero-order valence-electron chi connectivity index (χ0n) is 14.1. The number of hydrogen-bond donors (Lipinski definition) is 1. The van der Waals surface area contributed by atoms with E-state index in [0.29, 0.717) is 24.9 Å². The second-order valence-electron chi connectivity index (χ2n) is 6.37. The number of methoxy groups -OCH3 is 1. The van der Waals surface area contributed by atoms with Crippen LogP contribution in [-0.4, -0.2) is 58.2 Å². The lowest BCUT2D eigenvalue weighted by Gasteiger charge is -2.39. The Balaban J connectivity index is 1.77. The molecule has 3 rings (SSSR count). The number of aromatic nitrogens is 2. The number of imidazole rings is 1. The average Bonchev–Trinajstić information content (AvgIpc) is 3.16. The molecule has 0 spiro atoms. The van der Waals surface area contributed by atoms with E-state index in [-0.39, 0.29) is 19.1 Å². The van der Waals surface area contributed by atoms with E-state index in [2.05, 4.69) is 4.98 Å². The molecular formula is C18H21N3O4. The number of likely N-dealkylation sites (tertiary alicyclic amines) is 1. The van der Waals surface area contributed by atoms with Crippen molar-refractivity contribution in [1.29, 1.82) is 0 Å². The highest BCUT2D eigenvalue weighted by atomic mass is 16.5. The third-order valence-corrected chi connectivity index (χ3v) is 4.66. The molecule has 25 heavy (non-hydrogen) atoms. The minimum absolute atomic E-state index is 0.103. The standard InChI is InChI=1S/C18H21N3O4/c1-25-12-18(17(23)24)7-2-9-20(11-18)16(22)14-3-5-15(6-4-14)21-10-8-19-13-21/h3-6,8,10,13H,2,7,9,11-12H2,1H3,(H,23,24). The van der Waals surface area contributed by atoms with Gasteiger partial charge in [-0.15, -0.1) is 0 Å². The van der Waals surface area contributed by atoms with Gasteiger partial charge in [-0.3, -0.25) is 9.59 Å². The lowest BCUT2D eigenvalue weighted by Crippen LogP contribution is -2.52. The third kappa shape index (κ3) is 3.41. The van der Waals surface area contributed by atoms with Gasteiger partial charge in [0.1, 0.15) is 5.41 Å². The van der Waals surface area contributed by atoms with Crippen LogP contribution in [0.25, 0.3) is 5.69 Å². The van der Waals surface area contributed by atoms with Crippen molar-refractivity contribution in [2.75, 3.05) is 26.8 Å². The first-order chi connectivity index (χ1) is 12.1. The van der Waals surface area contributed by atoms with Crippen molar-refractivity contribution in [3.63, 3.8) is 0 Å². The summed E-state index contributed by atoms with van der Waals surface area (Å²) >= 11 is 0. The number of carboxylic acid groups (broad SMARTS) is 1. The van der Waals surface area contributed by atoms with Gasteiger partial charge in [0.05, 0.1) is 12.9 Å². The van der Waals surface area contributed by atoms with Gasteiger partial charge in [-0.2, -0.15) is 0 Å². The summed E-state index contributed by atoms with van der Waals surface area (Å²) in [5, 5.41) is 9.61. The molecule has 7 heteroatoms. The predicted molar refractivity (Wildman–Crippen MR) is 90.6 cm³/mol. The van der Waals surface area contributed by atoms with E-state index in [1.54, 1.807) is 29.6 Å². The minimum Gasteiger partial charge on any atom is -0.481 e. The van der Waals surface area contributed by atoms with Crippen molar-refractivity contribution in [1.82, 2.24) is 14.5 Å². The molecule has 1 aliphatic heterocycles. The highest BCUT2D eigenvalue weighted by molar-refractivity contribution is 5.95. The Kier molecular flexibility index (Phi) is 4.85. The molecule has 0 aliphatic carbocycles. The van der Waals surface area contributed by atoms with Crippen LogP contribution in [-0.2, 0) is 9.53 Å². The molecule has 2 heterocycles. The molecule has 7 nitrogen and oxygen atoms in total. The van der Waals surface area contributed by atoms with Crippen LogP contribution in [0.4, 0.5) is 0 Å². The fourth-order valence-electron chi connectivity index (χ4n) is 3.31. The molecule has 1 aromatic carbocycles. The van der Waals surface area contributed by atoms with Gasteiger partial charge in [0.25, 0.3) is 5.91 Å². The van der Waals surface area contributed by atoms with E-state index in [9.17, 15) is 14.7 Å². The van der Waals surface area contributed by atoms with E-state index in [4.69, 9.17) is 4.74 Å².